The fourth-order valence-corrected chi connectivity index (χ4v) is 1.63. The van der Waals surface area contributed by atoms with Crippen molar-refractivity contribution >= 4 is 17.5 Å². The quantitative estimate of drug-likeness (QED) is 0.632. The molecule has 0 saturated heterocycles. The summed E-state index contributed by atoms with van der Waals surface area (Å²) in [6, 6.07) is 1.69. The van der Waals surface area contributed by atoms with Gasteiger partial charge in [-0.2, -0.15) is 0 Å². The van der Waals surface area contributed by atoms with E-state index in [1.165, 1.54) is 6.92 Å². The van der Waals surface area contributed by atoms with Gasteiger partial charge in [-0.3, -0.25) is 9.59 Å². The van der Waals surface area contributed by atoms with Gasteiger partial charge in [-0.25, -0.2) is 13.2 Å². The molecule has 0 spiro atoms. The molecule has 1 aromatic carbocycles. The van der Waals surface area contributed by atoms with E-state index in [1.807, 2.05) is 0 Å². The molecular formula is C13H17F3N3O2+. The van der Waals surface area contributed by atoms with E-state index in [0.717, 1.165) is 17.0 Å². The minimum Gasteiger partial charge on any atom is -0.351 e. The number of carbonyl (C=O) groups is 2. The molecule has 21 heavy (non-hydrogen) atoms. The summed E-state index contributed by atoms with van der Waals surface area (Å²) in [5, 5.41) is 4.76. The molecule has 1 atom stereocenters. The molecule has 0 heterocycles. The number of amides is 2. The summed E-state index contributed by atoms with van der Waals surface area (Å²) in [6.45, 7) is 2.27. The first-order valence-corrected chi connectivity index (χ1v) is 6.30. The van der Waals surface area contributed by atoms with Gasteiger partial charge in [0.05, 0.1) is 25.8 Å². The molecule has 0 radical (unpaired) electrons. The molecule has 1 rings (SSSR count). The van der Waals surface area contributed by atoms with Crippen molar-refractivity contribution in [1.82, 2.24) is 5.32 Å². The van der Waals surface area contributed by atoms with Gasteiger partial charge >= 0.3 is 0 Å². The number of rotatable bonds is 6. The van der Waals surface area contributed by atoms with Gasteiger partial charge in [0.2, 0.25) is 5.91 Å². The summed E-state index contributed by atoms with van der Waals surface area (Å²) in [6.07, 6.45) is 0. The van der Waals surface area contributed by atoms with Crippen LogP contribution in [0.3, 0.4) is 0 Å². The number of anilines is 1. The van der Waals surface area contributed by atoms with Gasteiger partial charge in [0.1, 0.15) is 0 Å². The summed E-state index contributed by atoms with van der Waals surface area (Å²) in [5.41, 5.74) is -0.409. The zero-order valence-electron chi connectivity index (χ0n) is 11.7. The third-order valence-electron chi connectivity index (χ3n) is 2.70. The van der Waals surface area contributed by atoms with Crippen LogP contribution in [0.2, 0.25) is 0 Å². The van der Waals surface area contributed by atoms with Crippen LogP contribution in [-0.2, 0) is 9.59 Å². The highest BCUT2D eigenvalue weighted by molar-refractivity contribution is 5.91. The molecule has 3 N–H and O–H groups in total. The van der Waals surface area contributed by atoms with Gasteiger partial charge in [-0.05, 0) is 12.1 Å². The van der Waals surface area contributed by atoms with Gasteiger partial charge in [0.15, 0.2) is 24.0 Å². The molecule has 0 bridgehead atoms. The Morgan fingerprint density at radius 3 is 2.48 bits per heavy atom. The van der Waals surface area contributed by atoms with E-state index >= 15 is 0 Å². The summed E-state index contributed by atoms with van der Waals surface area (Å²) < 4.78 is 39.1. The van der Waals surface area contributed by atoms with E-state index in [9.17, 15) is 22.8 Å². The Bertz CT molecular complexity index is 538. The lowest BCUT2D eigenvalue weighted by molar-refractivity contribution is -0.869. The number of nitrogens with one attached hydrogen (secondary N) is 3. The molecule has 1 aromatic rings. The predicted molar refractivity (Wildman–Crippen MR) is 70.3 cm³/mol. The maximum atomic E-state index is 13.4. The summed E-state index contributed by atoms with van der Waals surface area (Å²) in [7, 11) is 1.71. The second-order valence-corrected chi connectivity index (χ2v) is 4.64. The molecule has 8 heteroatoms. The molecule has 1 unspecified atom stereocenters. The van der Waals surface area contributed by atoms with Crippen molar-refractivity contribution in [2.45, 2.75) is 6.92 Å². The van der Waals surface area contributed by atoms with Crippen LogP contribution < -0.4 is 15.5 Å². The Hall–Kier alpha value is -2.09. The lowest BCUT2D eigenvalue weighted by Gasteiger charge is -2.14. The molecule has 0 saturated carbocycles. The highest BCUT2D eigenvalue weighted by Crippen LogP contribution is 2.19. The number of likely N-dealkylation sites (N-methyl/N-ethyl adjacent to an activating group) is 1. The predicted octanol–water partition coefficient (Wildman–Crippen LogP) is -0.307. The highest BCUT2D eigenvalue weighted by atomic mass is 19.2. The van der Waals surface area contributed by atoms with Gasteiger partial charge in [-0.1, -0.05) is 0 Å². The van der Waals surface area contributed by atoms with Crippen LogP contribution in [0.15, 0.2) is 12.1 Å². The van der Waals surface area contributed by atoms with Gasteiger partial charge < -0.3 is 15.5 Å². The number of quaternary nitrogens is 1. The van der Waals surface area contributed by atoms with E-state index < -0.39 is 29.0 Å². The fraction of sp³-hybridized carbons (Fsp3) is 0.385. The van der Waals surface area contributed by atoms with Crippen LogP contribution in [0.4, 0.5) is 18.9 Å². The fourth-order valence-electron chi connectivity index (χ4n) is 1.63. The minimum atomic E-state index is -1.63. The first-order chi connectivity index (χ1) is 9.81. The Morgan fingerprint density at radius 2 is 1.86 bits per heavy atom. The van der Waals surface area contributed by atoms with E-state index in [-0.39, 0.29) is 12.5 Å². The molecule has 0 aliphatic heterocycles. The maximum Gasteiger partial charge on any atom is 0.279 e. The smallest absolute Gasteiger partial charge is 0.279 e. The highest BCUT2D eigenvalue weighted by Gasteiger charge is 2.17. The third-order valence-corrected chi connectivity index (χ3v) is 2.70. The SMILES string of the molecule is CC(=O)NCC[NH+](C)CC(=O)Nc1ccc(F)c(F)c1F. The van der Waals surface area contributed by atoms with E-state index in [2.05, 4.69) is 10.6 Å². The molecule has 0 aliphatic rings. The zero-order valence-corrected chi connectivity index (χ0v) is 11.7. The third kappa shape index (κ3) is 5.42. The standard InChI is InChI=1S/C13H16F3N3O2/c1-8(20)17-5-6-19(2)7-11(21)18-10-4-3-9(14)12(15)13(10)16/h3-4H,5-7H2,1-2H3,(H,17,20)(H,18,21)/p+1. The molecular weight excluding hydrogens is 287 g/mol. The average Bonchev–Trinajstić information content (AvgIpc) is 2.39. The monoisotopic (exact) mass is 304 g/mol. The van der Waals surface area contributed by atoms with Crippen molar-refractivity contribution in [3.63, 3.8) is 0 Å². The summed E-state index contributed by atoms with van der Waals surface area (Å²) in [5.74, 6) is -5.08. The number of carbonyl (C=O) groups excluding carboxylic acids is 2. The molecule has 2 amide bonds. The van der Waals surface area contributed by atoms with Crippen LogP contribution in [0.5, 0.6) is 0 Å². The van der Waals surface area contributed by atoms with Crippen molar-refractivity contribution in [3.05, 3.63) is 29.6 Å². The summed E-state index contributed by atoms with van der Waals surface area (Å²) in [4.78, 5) is 23.1. The van der Waals surface area contributed by atoms with Crippen molar-refractivity contribution in [2.75, 3.05) is 32.0 Å². The number of benzene rings is 1. The maximum absolute atomic E-state index is 13.4. The second-order valence-electron chi connectivity index (χ2n) is 4.64. The Kier molecular flexibility index (Phi) is 6.16. The molecule has 116 valence electrons. The van der Waals surface area contributed by atoms with E-state index in [4.69, 9.17) is 0 Å². The number of hydrogen-bond donors (Lipinski definition) is 3. The largest absolute Gasteiger partial charge is 0.351 e. The van der Waals surface area contributed by atoms with Crippen molar-refractivity contribution in [2.24, 2.45) is 0 Å². The molecule has 0 aliphatic carbocycles. The van der Waals surface area contributed by atoms with Crippen LogP contribution in [0.1, 0.15) is 6.92 Å². The lowest BCUT2D eigenvalue weighted by Crippen LogP contribution is -3.10. The van der Waals surface area contributed by atoms with Gasteiger partial charge in [0.25, 0.3) is 5.91 Å². The van der Waals surface area contributed by atoms with Gasteiger partial charge in [0, 0.05) is 6.92 Å². The minimum absolute atomic E-state index is 0.00196. The zero-order chi connectivity index (χ0) is 16.0. The first kappa shape index (κ1) is 17.0. The lowest BCUT2D eigenvalue weighted by atomic mass is 10.2. The van der Waals surface area contributed by atoms with Crippen LogP contribution >= 0.6 is 0 Å². The Morgan fingerprint density at radius 1 is 1.19 bits per heavy atom. The Balaban J connectivity index is 2.50. The number of hydrogen-bond acceptors (Lipinski definition) is 2. The van der Waals surface area contributed by atoms with E-state index in [0.29, 0.717) is 13.1 Å². The summed E-state index contributed by atoms with van der Waals surface area (Å²) >= 11 is 0. The van der Waals surface area contributed by atoms with Crippen molar-refractivity contribution in [1.29, 1.82) is 0 Å². The van der Waals surface area contributed by atoms with E-state index in [1.54, 1.807) is 7.05 Å². The van der Waals surface area contributed by atoms with Gasteiger partial charge in [-0.15, -0.1) is 0 Å². The van der Waals surface area contributed by atoms with Crippen LogP contribution in [0.25, 0.3) is 0 Å². The Labute approximate surface area is 120 Å². The molecule has 0 aromatic heterocycles. The van der Waals surface area contributed by atoms with Crippen LogP contribution in [-0.4, -0.2) is 38.5 Å². The average molecular weight is 304 g/mol. The molecule has 5 nitrogen and oxygen atoms in total. The molecule has 0 fully saturated rings. The second kappa shape index (κ2) is 7.63. The van der Waals surface area contributed by atoms with Crippen molar-refractivity contribution in [3.8, 4) is 0 Å². The normalized spacial score (nSPS) is 11.9. The van der Waals surface area contributed by atoms with Crippen molar-refractivity contribution < 1.29 is 27.7 Å². The van der Waals surface area contributed by atoms with Crippen LogP contribution in [0, 0.1) is 17.5 Å². The number of halogens is 3. The first-order valence-electron chi connectivity index (χ1n) is 6.30. The topological polar surface area (TPSA) is 62.6 Å².